The van der Waals surface area contributed by atoms with Crippen molar-refractivity contribution in [3.8, 4) is 11.5 Å². The number of benzene rings is 3. The van der Waals surface area contributed by atoms with Gasteiger partial charge >= 0.3 is 12.1 Å². The lowest BCUT2D eigenvalue weighted by molar-refractivity contribution is 0.194. The highest BCUT2D eigenvalue weighted by Crippen LogP contribution is 2.31. The summed E-state index contributed by atoms with van der Waals surface area (Å²) >= 11 is 6.29. The first-order valence-electron chi connectivity index (χ1n) is 12.8. The second-order valence-corrected chi connectivity index (χ2v) is 9.72. The smallest absolute Gasteiger partial charge is 0.323 e. The number of aryl methyl sites for hydroxylation is 1. The molecule has 1 saturated heterocycles. The third kappa shape index (κ3) is 7.55. The lowest BCUT2D eigenvalue weighted by atomic mass is 9.89. The normalized spacial score (nSPS) is 13.5. The molecule has 1 aliphatic heterocycles. The fourth-order valence-corrected chi connectivity index (χ4v) is 4.72. The topological polar surface area (TPSA) is 112 Å². The van der Waals surface area contributed by atoms with Gasteiger partial charge in [-0.3, -0.25) is 0 Å². The number of amides is 4. The van der Waals surface area contributed by atoms with Crippen molar-refractivity contribution in [1.82, 2.24) is 4.90 Å². The van der Waals surface area contributed by atoms with Crippen molar-refractivity contribution in [2.24, 2.45) is 0 Å². The van der Waals surface area contributed by atoms with Crippen LogP contribution in [0.4, 0.5) is 26.7 Å². The van der Waals surface area contributed by atoms with Crippen molar-refractivity contribution in [1.29, 1.82) is 0 Å². The van der Waals surface area contributed by atoms with Gasteiger partial charge in [0.15, 0.2) is 0 Å². The number of nitrogens with one attached hydrogen (secondary N) is 3. The molecular formula is C29H33ClN4O5. The molecule has 3 aromatic rings. The molecule has 0 aromatic heterocycles. The number of ether oxygens (including phenoxy) is 2. The van der Waals surface area contributed by atoms with Gasteiger partial charge in [-0.2, -0.15) is 0 Å². The van der Waals surface area contributed by atoms with Gasteiger partial charge in [-0.1, -0.05) is 29.8 Å². The van der Waals surface area contributed by atoms with Crippen molar-refractivity contribution >= 4 is 40.7 Å². The van der Waals surface area contributed by atoms with Gasteiger partial charge in [-0.15, -0.1) is 0 Å². The van der Waals surface area contributed by atoms with E-state index < -0.39 is 0 Å². The number of hydrogen-bond donors (Lipinski definition) is 4. The van der Waals surface area contributed by atoms with Crippen LogP contribution >= 0.6 is 11.6 Å². The Balaban J connectivity index is 1.26. The molecule has 0 radical (unpaired) electrons. The van der Waals surface area contributed by atoms with E-state index in [1.165, 1.54) is 5.56 Å². The van der Waals surface area contributed by atoms with E-state index in [9.17, 15) is 9.59 Å². The Labute approximate surface area is 233 Å². The van der Waals surface area contributed by atoms with Crippen LogP contribution < -0.4 is 25.4 Å². The van der Waals surface area contributed by atoms with E-state index in [-0.39, 0.29) is 25.3 Å². The van der Waals surface area contributed by atoms with Crippen LogP contribution in [0.25, 0.3) is 0 Å². The van der Waals surface area contributed by atoms with Crippen molar-refractivity contribution in [2.75, 3.05) is 49.4 Å². The van der Waals surface area contributed by atoms with Crippen molar-refractivity contribution in [2.45, 2.75) is 25.7 Å². The summed E-state index contributed by atoms with van der Waals surface area (Å²) in [7, 11) is 1.56. The van der Waals surface area contributed by atoms with Crippen molar-refractivity contribution < 1.29 is 24.2 Å². The van der Waals surface area contributed by atoms with E-state index in [1.807, 2.05) is 49.4 Å². The Morgan fingerprint density at radius 2 is 1.72 bits per heavy atom. The Bertz CT molecular complexity index is 1290. The molecule has 0 bridgehead atoms. The van der Waals surface area contributed by atoms with E-state index in [4.69, 9.17) is 26.2 Å². The lowest BCUT2D eigenvalue weighted by Gasteiger charge is -2.32. The predicted octanol–water partition coefficient (Wildman–Crippen LogP) is 6.08. The standard InChI is InChI=1S/C29H33ClN4O5/c1-19-3-10-27(38-2)26(17-19)32-28(36)31-22-6-4-20(5-7-22)21-11-13-34(14-12-21)29(37)33-25-9-8-23(18-24(25)30)39-16-15-35/h3-10,17-18,21,35H,11-16H2,1-2H3,(H,33,37)(H2,31,32,36). The molecule has 0 aliphatic carbocycles. The molecule has 1 fully saturated rings. The Hall–Kier alpha value is -3.95. The molecule has 0 unspecified atom stereocenters. The number of carbonyl (C=O) groups excluding carboxylic acids is 2. The number of hydrogen-bond acceptors (Lipinski definition) is 5. The summed E-state index contributed by atoms with van der Waals surface area (Å²) in [6, 6.07) is 17.9. The third-order valence-corrected chi connectivity index (χ3v) is 6.88. The van der Waals surface area contributed by atoms with Gasteiger partial charge in [-0.25, -0.2) is 9.59 Å². The first-order chi connectivity index (χ1) is 18.9. The van der Waals surface area contributed by atoms with Crippen LogP contribution in [0.3, 0.4) is 0 Å². The summed E-state index contributed by atoms with van der Waals surface area (Å²) in [5.74, 6) is 1.44. The van der Waals surface area contributed by atoms with Gasteiger partial charge in [-0.05, 0) is 73.2 Å². The first kappa shape index (κ1) is 28.1. The predicted molar refractivity (Wildman–Crippen MR) is 153 cm³/mol. The van der Waals surface area contributed by atoms with Gasteiger partial charge in [0.05, 0.1) is 30.1 Å². The molecule has 4 N–H and O–H groups in total. The number of carbonyl (C=O) groups is 2. The molecule has 1 heterocycles. The number of aliphatic hydroxyl groups is 1. The van der Waals surface area contributed by atoms with Crippen LogP contribution in [0.1, 0.15) is 29.9 Å². The number of rotatable bonds is 8. The second-order valence-electron chi connectivity index (χ2n) is 9.31. The molecule has 39 heavy (non-hydrogen) atoms. The number of urea groups is 2. The third-order valence-electron chi connectivity index (χ3n) is 6.57. The zero-order chi connectivity index (χ0) is 27.8. The minimum absolute atomic E-state index is 0.0885. The quantitative estimate of drug-likeness (QED) is 0.270. The summed E-state index contributed by atoms with van der Waals surface area (Å²) in [4.78, 5) is 27.1. The Morgan fingerprint density at radius 1 is 0.974 bits per heavy atom. The molecule has 0 atom stereocenters. The van der Waals surface area contributed by atoms with E-state index in [2.05, 4.69) is 16.0 Å². The molecule has 0 spiro atoms. The average molecular weight is 553 g/mol. The van der Waals surface area contributed by atoms with Crippen molar-refractivity contribution in [3.63, 3.8) is 0 Å². The van der Waals surface area contributed by atoms with Crippen LogP contribution in [0, 0.1) is 6.92 Å². The number of aliphatic hydroxyl groups excluding tert-OH is 1. The van der Waals surface area contributed by atoms with Crippen LogP contribution in [-0.4, -0.2) is 55.5 Å². The number of halogens is 1. The van der Waals surface area contributed by atoms with Gasteiger partial charge in [0.25, 0.3) is 0 Å². The van der Waals surface area contributed by atoms with E-state index in [1.54, 1.807) is 30.2 Å². The van der Waals surface area contributed by atoms with E-state index in [0.29, 0.717) is 52.6 Å². The van der Waals surface area contributed by atoms with Crippen molar-refractivity contribution in [3.05, 3.63) is 76.8 Å². The van der Waals surface area contributed by atoms with Gasteiger partial charge in [0, 0.05) is 24.8 Å². The Morgan fingerprint density at radius 3 is 2.38 bits per heavy atom. The van der Waals surface area contributed by atoms with Gasteiger partial charge in [0.2, 0.25) is 0 Å². The van der Waals surface area contributed by atoms with Crippen LogP contribution in [-0.2, 0) is 0 Å². The first-order valence-corrected chi connectivity index (χ1v) is 13.2. The molecule has 10 heteroatoms. The highest BCUT2D eigenvalue weighted by Gasteiger charge is 2.24. The summed E-state index contributed by atoms with van der Waals surface area (Å²) in [5, 5.41) is 17.8. The molecule has 1 aliphatic rings. The fraction of sp³-hybridized carbons (Fsp3) is 0.310. The van der Waals surface area contributed by atoms with Gasteiger partial charge < -0.3 is 35.4 Å². The zero-order valence-corrected chi connectivity index (χ0v) is 22.8. The number of methoxy groups -OCH3 is 1. The maximum absolute atomic E-state index is 12.8. The SMILES string of the molecule is COc1ccc(C)cc1NC(=O)Nc1ccc(C2CCN(C(=O)Nc3ccc(OCCO)cc3Cl)CC2)cc1. The second kappa shape index (κ2) is 13.2. The fourth-order valence-electron chi connectivity index (χ4n) is 4.50. The summed E-state index contributed by atoms with van der Waals surface area (Å²) in [6.45, 7) is 3.27. The Kier molecular flexibility index (Phi) is 9.51. The lowest BCUT2D eigenvalue weighted by Crippen LogP contribution is -2.40. The minimum Gasteiger partial charge on any atom is -0.495 e. The number of piperidine rings is 1. The largest absolute Gasteiger partial charge is 0.495 e. The average Bonchev–Trinajstić information content (AvgIpc) is 2.94. The molecular weight excluding hydrogens is 520 g/mol. The van der Waals surface area contributed by atoms with Gasteiger partial charge in [0.1, 0.15) is 18.1 Å². The number of anilines is 3. The number of likely N-dealkylation sites (tertiary alicyclic amines) is 1. The van der Waals surface area contributed by atoms with Crippen LogP contribution in [0.5, 0.6) is 11.5 Å². The summed E-state index contributed by atoms with van der Waals surface area (Å²) in [5.41, 5.74) is 3.98. The molecule has 4 rings (SSSR count). The molecule has 206 valence electrons. The molecule has 3 aromatic carbocycles. The minimum atomic E-state index is -0.349. The number of nitrogens with zero attached hydrogens (tertiary/aromatic N) is 1. The monoisotopic (exact) mass is 552 g/mol. The zero-order valence-electron chi connectivity index (χ0n) is 22.0. The summed E-state index contributed by atoms with van der Waals surface area (Å²) in [6.07, 6.45) is 1.66. The highest BCUT2D eigenvalue weighted by atomic mass is 35.5. The van der Waals surface area contributed by atoms with E-state index in [0.717, 1.165) is 18.4 Å². The summed E-state index contributed by atoms with van der Waals surface area (Å²) < 4.78 is 10.7. The van der Waals surface area contributed by atoms with E-state index >= 15 is 0 Å². The van der Waals surface area contributed by atoms with Crippen LogP contribution in [0.2, 0.25) is 5.02 Å². The maximum atomic E-state index is 12.8. The molecule has 0 saturated carbocycles. The highest BCUT2D eigenvalue weighted by molar-refractivity contribution is 6.33. The molecule has 9 nitrogen and oxygen atoms in total. The van der Waals surface area contributed by atoms with Crippen LogP contribution in [0.15, 0.2) is 60.7 Å². The molecule has 4 amide bonds. The maximum Gasteiger partial charge on any atom is 0.323 e.